The predicted molar refractivity (Wildman–Crippen MR) is 98.1 cm³/mol. The summed E-state index contributed by atoms with van der Waals surface area (Å²) in [4.78, 5) is 26.5. The standard InChI is InChI=1S/C21H22N2O3/c1-21-11-12-23(18(21)13-21)19(24)14-22-20(25)15-7-9-17(10-8-15)26-16-5-3-2-4-6-16/h2-10,18H,11-14H2,1H3,(H,22,25)/t18-,21-/m0/s1. The molecule has 1 saturated heterocycles. The van der Waals surface area contributed by atoms with E-state index >= 15 is 0 Å². The van der Waals surface area contributed by atoms with Crippen molar-refractivity contribution in [3.8, 4) is 11.5 Å². The first kappa shape index (κ1) is 16.6. The van der Waals surface area contributed by atoms with Crippen LogP contribution in [0, 0.1) is 5.41 Å². The zero-order chi connectivity index (χ0) is 18.1. The molecule has 0 unspecified atom stereocenters. The monoisotopic (exact) mass is 350 g/mol. The summed E-state index contributed by atoms with van der Waals surface area (Å²) in [6, 6.07) is 16.7. The Balaban J connectivity index is 1.30. The van der Waals surface area contributed by atoms with Gasteiger partial charge in [0.15, 0.2) is 0 Å². The number of carbonyl (C=O) groups is 2. The maximum Gasteiger partial charge on any atom is 0.251 e. The summed E-state index contributed by atoms with van der Waals surface area (Å²) in [5, 5.41) is 2.73. The molecule has 2 atom stereocenters. The van der Waals surface area contributed by atoms with Crippen molar-refractivity contribution in [2.24, 2.45) is 5.41 Å². The molecule has 2 aromatic carbocycles. The average Bonchev–Trinajstić information content (AvgIpc) is 3.21. The lowest BCUT2D eigenvalue weighted by atomic mass is 10.1. The fourth-order valence-electron chi connectivity index (χ4n) is 3.63. The van der Waals surface area contributed by atoms with Crippen LogP contribution in [0.1, 0.15) is 30.1 Å². The van der Waals surface area contributed by atoms with E-state index < -0.39 is 0 Å². The highest BCUT2D eigenvalue weighted by Gasteiger charge is 2.58. The topological polar surface area (TPSA) is 58.6 Å². The van der Waals surface area contributed by atoms with Crippen molar-refractivity contribution in [2.75, 3.05) is 13.1 Å². The van der Waals surface area contributed by atoms with Gasteiger partial charge in [-0.05, 0) is 54.7 Å². The number of nitrogens with one attached hydrogen (secondary N) is 1. The molecule has 5 nitrogen and oxygen atoms in total. The summed E-state index contributed by atoms with van der Waals surface area (Å²) < 4.78 is 5.71. The first-order valence-electron chi connectivity index (χ1n) is 8.96. The lowest BCUT2D eigenvalue weighted by Gasteiger charge is -2.18. The quantitative estimate of drug-likeness (QED) is 0.901. The molecule has 2 aliphatic rings. The van der Waals surface area contributed by atoms with Crippen LogP contribution in [-0.4, -0.2) is 35.8 Å². The van der Waals surface area contributed by atoms with Crippen LogP contribution < -0.4 is 10.1 Å². The number of carbonyl (C=O) groups excluding carboxylic acids is 2. The number of para-hydroxylation sites is 1. The first-order chi connectivity index (χ1) is 12.5. The molecule has 1 aliphatic carbocycles. The summed E-state index contributed by atoms with van der Waals surface area (Å²) in [6.45, 7) is 3.08. The van der Waals surface area contributed by atoms with Gasteiger partial charge in [0.25, 0.3) is 5.91 Å². The average molecular weight is 350 g/mol. The molecule has 2 aromatic rings. The van der Waals surface area contributed by atoms with Gasteiger partial charge < -0.3 is 15.0 Å². The second-order valence-corrected chi connectivity index (χ2v) is 7.33. The lowest BCUT2D eigenvalue weighted by Crippen LogP contribution is -2.40. The third kappa shape index (κ3) is 3.29. The lowest BCUT2D eigenvalue weighted by molar-refractivity contribution is -0.129. The van der Waals surface area contributed by atoms with Crippen molar-refractivity contribution in [3.63, 3.8) is 0 Å². The number of piperidine rings is 1. The number of fused-ring (bicyclic) bond motifs is 1. The molecule has 0 radical (unpaired) electrons. The molecule has 2 fully saturated rings. The molecule has 1 aliphatic heterocycles. The van der Waals surface area contributed by atoms with E-state index in [4.69, 9.17) is 4.74 Å². The molecular formula is C21H22N2O3. The van der Waals surface area contributed by atoms with Crippen LogP contribution in [0.2, 0.25) is 0 Å². The van der Waals surface area contributed by atoms with Gasteiger partial charge in [0.05, 0.1) is 6.54 Å². The van der Waals surface area contributed by atoms with E-state index in [2.05, 4.69) is 12.2 Å². The van der Waals surface area contributed by atoms with E-state index in [-0.39, 0.29) is 18.4 Å². The van der Waals surface area contributed by atoms with Gasteiger partial charge >= 0.3 is 0 Å². The Morgan fingerprint density at radius 1 is 1.12 bits per heavy atom. The fourth-order valence-corrected chi connectivity index (χ4v) is 3.63. The maximum absolute atomic E-state index is 12.3. The molecule has 1 saturated carbocycles. The minimum Gasteiger partial charge on any atom is -0.457 e. The van der Waals surface area contributed by atoms with E-state index in [1.54, 1.807) is 24.3 Å². The minimum absolute atomic E-state index is 0.00797. The number of benzene rings is 2. The summed E-state index contributed by atoms with van der Waals surface area (Å²) in [6.07, 6.45) is 2.16. The van der Waals surface area contributed by atoms with Crippen LogP contribution in [0.5, 0.6) is 11.5 Å². The summed E-state index contributed by atoms with van der Waals surface area (Å²) in [5.41, 5.74) is 0.838. The second kappa shape index (κ2) is 6.48. The summed E-state index contributed by atoms with van der Waals surface area (Å²) in [5.74, 6) is 1.16. The van der Waals surface area contributed by atoms with Gasteiger partial charge in [-0.1, -0.05) is 25.1 Å². The van der Waals surface area contributed by atoms with Crippen LogP contribution in [0.25, 0.3) is 0 Å². The SMILES string of the molecule is C[C@@]12CCN(C(=O)CNC(=O)c3ccc(Oc4ccccc4)cc3)[C@H]1C2. The molecule has 26 heavy (non-hydrogen) atoms. The number of hydrogen-bond donors (Lipinski definition) is 1. The highest BCUT2D eigenvalue weighted by Crippen LogP contribution is 2.56. The van der Waals surface area contributed by atoms with E-state index in [9.17, 15) is 9.59 Å². The molecular weight excluding hydrogens is 328 g/mol. The number of amides is 2. The zero-order valence-electron chi connectivity index (χ0n) is 14.8. The Labute approximate surface area is 153 Å². The molecule has 1 N–H and O–H groups in total. The number of rotatable bonds is 5. The van der Waals surface area contributed by atoms with Crippen molar-refractivity contribution in [1.29, 1.82) is 0 Å². The number of ether oxygens (including phenoxy) is 1. The summed E-state index contributed by atoms with van der Waals surface area (Å²) in [7, 11) is 0. The van der Waals surface area contributed by atoms with Crippen LogP contribution in [0.4, 0.5) is 0 Å². The normalized spacial score (nSPS) is 23.3. The van der Waals surface area contributed by atoms with Gasteiger partial charge in [0, 0.05) is 18.2 Å². The molecule has 0 aromatic heterocycles. The van der Waals surface area contributed by atoms with Crippen LogP contribution in [-0.2, 0) is 4.79 Å². The van der Waals surface area contributed by atoms with Crippen molar-refractivity contribution in [3.05, 3.63) is 60.2 Å². The Bertz CT molecular complexity index is 819. The Kier molecular flexibility index (Phi) is 4.15. The largest absolute Gasteiger partial charge is 0.457 e. The third-order valence-electron chi connectivity index (χ3n) is 5.42. The smallest absolute Gasteiger partial charge is 0.251 e. The van der Waals surface area contributed by atoms with Gasteiger partial charge in [-0.2, -0.15) is 0 Å². The van der Waals surface area contributed by atoms with Gasteiger partial charge in [-0.25, -0.2) is 0 Å². The first-order valence-corrected chi connectivity index (χ1v) is 8.96. The van der Waals surface area contributed by atoms with E-state index in [0.29, 0.717) is 22.8 Å². The molecule has 4 rings (SSSR count). The molecule has 0 spiro atoms. The molecule has 1 heterocycles. The van der Waals surface area contributed by atoms with Gasteiger partial charge in [-0.3, -0.25) is 9.59 Å². The Morgan fingerprint density at radius 2 is 1.81 bits per heavy atom. The summed E-state index contributed by atoms with van der Waals surface area (Å²) >= 11 is 0. The van der Waals surface area contributed by atoms with E-state index in [1.807, 2.05) is 35.2 Å². The van der Waals surface area contributed by atoms with Crippen molar-refractivity contribution in [2.45, 2.75) is 25.8 Å². The Hall–Kier alpha value is -2.82. The number of likely N-dealkylation sites (tertiary alicyclic amines) is 1. The Morgan fingerprint density at radius 3 is 2.42 bits per heavy atom. The second-order valence-electron chi connectivity index (χ2n) is 7.33. The molecule has 134 valence electrons. The van der Waals surface area contributed by atoms with Crippen molar-refractivity contribution >= 4 is 11.8 Å². The van der Waals surface area contributed by atoms with Crippen LogP contribution in [0.15, 0.2) is 54.6 Å². The van der Waals surface area contributed by atoms with Crippen LogP contribution >= 0.6 is 0 Å². The van der Waals surface area contributed by atoms with Gasteiger partial charge in [0.1, 0.15) is 11.5 Å². The van der Waals surface area contributed by atoms with Crippen LogP contribution in [0.3, 0.4) is 0 Å². The van der Waals surface area contributed by atoms with Gasteiger partial charge in [-0.15, -0.1) is 0 Å². The minimum atomic E-state index is -0.248. The van der Waals surface area contributed by atoms with E-state index in [0.717, 1.165) is 25.1 Å². The molecule has 0 bridgehead atoms. The predicted octanol–water partition coefficient (Wildman–Crippen LogP) is 3.22. The zero-order valence-corrected chi connectivity index (χ0v) is 14.8. The fraction of sp³-hybridized carbons (Fsp3) is 0.333. The maximum atomic E-state index is 12.3. The van der Waals surface area contributed by atoms with Gasteiger partial charge in [0.2, 0.25) is 5.91 Å². The highest BCUT2D eigenvalue weighted by molar-refractivity contribution is 5.96. The number of nitrogens with zero attached hydrogens (tertiary/aromatic N) is 1. The third-order valence-corrected chi connectivity index (χ3v) is 5.42. The molecule has 5 heteroatoms. The highest BCUT2D eigenvalue weighted by atomic mass is 16.5. The van der Waals surface area contributed by atoms with Crippen molar-refractivity contribution in [1.82, 2.24) is 10.2 Å². The molecule has 2 amide bonds. The van der Waals surface area contributed by atoms with Crippen molar-refractivity contribution < 1.29 is 14.3 Å². The number of hydrogen-bond acceptors (Lipinski definition) is 3. The van der Waals surface area contributed by atoms with E-state index in [1.165, 1.54) is 0 Å².